The second-order valence-electron chi connectivity index (χ2n) is 11.1. The Hall–Kier alpha value is -3.85. The van der Waals surface area contributed by atoms with Gasteiger partial charge in [0.1, 0.15) is 12.6 Å². The van der Waals surface area contributed by atoms with E-state index in [4.69, 9.17) is 23.2 Å². The maximum Gasteiger partial charge on any atom is 0.264 e. The monoisotopic (exact) mass is 663 g/mol. The maximum atomic E-state index is 14.5. The molecule has 10 heteroatoms. The van der Waals surface area contributed by atoms with Crippen molar-refractivity contribution < 1.29 is 18.0 Å². The average Bonchev–Trinajstić information content (AvgIpc) is 3.56. The molecule has 2 amide bonds. The van der Waals surface area contributed by atoms with Gasteiger partial charge in [-0.15, -0.1) is 0 Å². The number of nitrogens with zero attached hydrogens (tertiary/aromatic N) is 2. The van der Waals surface area contributed by atoms with Crippen LogP contribution >= 0.6 is 23.2 Å². The number of hydrogen-bond donors (Lipinski definition) is 1. The number of amides is 2. The quantitative estimate of drug-likeness (QED) is 0.179. The molecular weight excluding hydrogens is 629 g/mol. The summed E-state index contributed by atoms with van der Waals surface area (Å²) in [6.07, 6.45) is 4.07. The van der Waals surface area contributed by atoms with Crippen molar-refractivity contribution in [3.05, 3.63) is 130 Å². The van der Waals surface area contributed by atoms with Crippen molar-refractivity contribution in [2.24, 2.45) is 0 Å². The van der Waals surface area contributed by atoms with Gasteiger partial charge in [0.25, 0.3) is 10.0 Å². The summed E-state index contributed by atoms with van der Waals surface area (Å²) in [6.45, 7) is -0.510. The lowest BCUT2D eigenvalue weighted by molar-refractivity contribution is -0.140. The number of carbonyl (C=O) groups is 2. The van der Waals surface area contributed by atoms with E-state index in [2.05, 4.69) is 5.32 Å². The minimum absolute atomic E-state index is 0.0155. The van der Waals surface area contributed by atoms with Crippen LogP contribution in [0.15, 0.2) is 114 Å². The maximum absolute atomic E-state index is 14.5. The first-order chi connectivity index (χ1) is 21.7. The van der Waals surface area contributed by atoms with Gasteiger partial charge in [-0.1, -0.05) is 109 Å². The Labute approximate surface area is 274 Å². The minimum atomic E-state index is -4.22. The fourth-order valence-corrected chi connectivity index (χ4v) is 7.46. The van der Waals surface area contributed by atoms with Crippen LogP contribution in [-0.2, 0) is 32.6 Å². The molecule has 45 heavy (non-hydrogen) atoms. The van der Waals surface area contributed by atoms with E-state index in [9.17, 15) is 18.0 Å². The molecule has 1 atom stereocenters. The summed E-state index contributed by atoms with van der Waals surface area (Å²) in [4.78, 5) is 30.1. The lowest BCUT2D eigenvalue weighted by Gasteiger charge is -2.34. The number of halogens is 2. The topological polar surface area (TPSA) is 86.8 Å². The fourth-order valence-electron chi connectivity index (χ4n) is 5.60. The van der Waals surface area contributed by atoms with Crippen LogP contribution < -0.4 is 9.62 Å². The SMILES string of the molecule is O=C(NC1CCCC1)[C@H](Cc1ccccc1)N(Cc1ccc(Cl)cc1)C(=O)CN(c1ccccc1Cl)S(=O)(=O)c1ccccc1. The van der Waals surface area contributed by atoms with E-state index < -0.39 is 28.5 Å². The zero-order chi connectivity index (χ0) is 31.8. The summed E-state index contributed by atoms with van der Waals surface area (Å²) < 4.78 is 29.2. The summed E-state index contributed by atoms with van der Waals surface area (Å²) in [6, 6.07) is 30.0. The molecule has 4 aromatic rings. The molecule has 0 aromatic heterocycles. The summed E-state index contributed by atoms with van der Waals surface area (Å²) >= 11 is 12.7. The highest BCUT2D eigenvalue weighted by Crippen LogP contribution is 2.31. The Balaban J connectivity index is 1.56. The van der Waals surface area contributed by atoms with Crippen LogP contribution in [0.2, 0.25) is 10.0 Å². The normalized spacial score (nSPS) is 14.1. The zero-order valence-electron chi connectivity index (χ0n) is 24.7. The molecule has 0 bridgehead atoms. The first kappa shape index (κ1) is 32.5. The van der Waals surface area contributed by atoms with E-state index in [1.54, 1.807) is 66.7 Å². The van der Waals surface area contributed by atoms with Crippen LogP contribution in [0.4, 0.5) is 5.69 Å². The molecule has 0 unspecified atom stereocenters. The van der Waals surface area contributed by atoms with Crippen molar-refractivity contribution in [2.75, 3.05) is 10.8 Å². The van der Waals surface area contributed by atoms with Gasteiger partial charge in [0, 0.05) is 24.0 Å². The van der Waals surface area contributed by atoms with E-state index >= 15 is 0 Å². The number of nitrogens with one attached hydrogen (secondary N) is 1. The Morgan fingerprint density at radius 3 is 2.02 bits per heavy atom. The molecule has 1 aliphatic carbocycles. The highest BCUT2D eigenvalue weighted by Gasteiger charge is 2.36. The average molecular weight is 665 g/mol. The highest BCUT2D eigenvalue weighted by molar-refractivity contribution is 7.92. The molecule has 1 fully saturated rings. The van der Waals surface area contributed by atoms with Crippen LogP contribution in [-0.4, -0.2) is 43.8 Å². The van der Waals surface area contributed by atoms with E-state index in [1.807, 2.05) is 30.3 Å². The molecule has 0 saturated heterocycles. The van der Waals surface area contributed by atoms with Crippen LogP contribution in [0.25, 0.3) is 0 Å². The third kappa shape index (κ3) is 8.25. The molecule has 7 nitrogen and oxygen atoms in total. The van der Waals surface area contributed by atoms with Crippen molar-refractivity contribution in [1.29, 1.82) is 0 Å². The molecule has 0 aliphatic heterocycles. The molecule has 1 aliphatic rings. The minimum Gasteiger partial charge on any atom is -0.352 e. The summed E-state index contributed by atoms with van der Waals surface area (Å²) in [5.74, 6) is -0.824. The Morgan fingerprint density at radius 2 is 1.38 bits per heavy atom. The zero-order valence-corrected chi connectivity index (χ0v) is 27.0. The van der Waals surface area contributed by atoms with Gasteiger partial charge < -0.3 is 10.2 Å². The van der Waals surface area contributed by atoms with Gasteiger partial charge >= 0.3 is 0 Å². The third-order valence-corrected chi connectivity index (χ3v) is 10.3. The molecule has 1 saturated carbocycles. The number of para-hydroxylation sites is 1. The van der Waals surface area contributed by atoms with Gasteiger partial charge in [-0.3, -0.25) is 13.9 Å². The van der Waals surface area contributed by atoms with E-state index in [0.717, 1.165) is 41.1 Å². The van der Waals surface area contributed by atoms with E-state index in [0.29, 0.717) is 5.02 Å². The number of rotatable bonds is 12. The van der Waals surface area contributed by atoms with Crippen LogP contribution in [0.3, 0.4) is 0 Å². The number of carbonyl (C=O) groups excluding carboxylic acids is 2. The molecular formula is C35H35Cl2N3O4S. The second kappa shape index (κ2) is 15.0. The lowest BCUT2D eigenvalue weighted by atomic mass is 10.0. The Morgan fingerprint density at radius 1 is 0.778 bits per heavy atom. The van der Waals surface area contributed by atoms with E-state index in [1.165, 1.54) is 17.0 Å². The smallest absolute Gasteiger partial charge is 0.264 e. The standard InChI is InChI=1S/C35H35Cl2N3O4S/c36-28-21-19-27(20-22-28)24-39(33(23-26-11-3-1-4-12-26)35(42)38-29-13-7-8-14-29)34(41)25-40(32-18-10-9-17-31(32)37)45(43,44)30-15-5-2-6-16-30/h1-6,9-12,15-22,29,33H,7-8,13-14,23-25H2,(H,38,42)/t33-/m0/s1. The molecule has 0 spiro atoms. The Kier molecular flexibility index (Phi) is 10.8. The first-order valence-electron chi connectivity index (χ1n) is 14.9. The van der Waals surface area contributed by atoms with Gasteiger partial charge in [0.2, 0.25) is 11.8 Å². The van der Waals surface area contributed by atoms with Crippen LogP contribution in [0.1, 0.15) is 36.8 Å². The third-order valence-electron chi connectivity index (χ3n) is 7.97. The predicted octanol–water partition coefficient (Wildman–Crippen LogP) is 6.89. The summed E-state index contributed by atoms with van der Waals surface area (Å²) in [5.41, 5.74) is 1.78. The summed E-state index contributed by atoms with van der Waals surface area (Å²) in [5, 5.41) is 3.88. The molecule has 5 rings (SSSR count). The fraction of sp³-hybridized carbons (Fsp3) is 0.257. The number of hydrogen-bond acceptors (Lipinski definition) is 4. The first-order valence-corrected chi connectivity index (χ1v) is 17.1. The van der Waals surface area contributed by atoms with Gasteiger partial charge in [-0.2, -0.15) is 0 Å². The molecule has 0 radical (unpaired) electrons. The van der Waals surface area contributed by atoms with Crippen molar-refractivity contribution in [3.63, 3.8) is 0 Å². The van der Waals surface area contributed by atoms with Gasteiger partial charge in [0.15, 0.2) is 0 Å². The number of benzene rings is 4. The highest BCUT2D eigenvalue weighted by atomic mass is 35.5. The van der Waals surface area contributed by atoms with Gasteiger partial charge in [0.05, 0.1) is 15.6 Å². The van der Waals surface area contributed by atoms with Crippen LogP contribution in [0, 0.1) is 0 Å². The molecule has 0 heterocycles. The molecule has 4 aromatic carbocycles. The molecule has 1 N–H and O–H groups in total. The van der Waals surface area contributed by atoms with Crippen molar-refractivity contribution >= 4 is 50.7 Å². The van der Waals surface area contributed by atoms with Crippen molar-refractivity contribution in [1.82, 2.24) is 10.2 Å². The number of anilines is 1. The van der Waals surface area contributed by atoms with Gasteiger partial charge in [-0.25, -0.2) is 8.42 Å². The molecule has 234 valence electrons. The second-order valence-corrected chi connectivity index (χ2v) is 13.8. The van der Waals surface area contributed by atoms with Gasteiger partial charge in [-0.05, 0) is 60.4 Å². The summed E-state index contributed by atoms with van der Waals surface area (Å²) in [7, 11) is -4.22. The van der Waals surface area contributed by atoms with E-state index in [-0.39, 0.29) is 40.5 Å². The van der Waals surface area contributed by atoms with Crippen LogP contribution in [0.5, 0.6) is 0 Å². The Bertz CT molecular complexity index is 1700. The van der Waals surface area contributed by atoms with Crippen molar-refractivity contribution in [2.45, 2.75) is 55.6 Å². The lowest BCUT2D eigenvalue weighted by Crippen LogP contribution is -2.54. The largest absolute Gasteiger partial charge is 0.352 e. The van der Waals surface area contributed by atoms with Crippen molar-refractivity contribution in [3.8, 4) is 0 Å². The predicted molar refractivity (Wildman–Crippen MR) is 179 cm³/mol. The number of sulfonamides is 1.